The zero-order chi connectivity index (χ0) is 19.3. The molecule has 0 radical (unpaired) electrons. The van der Waals surface area contributed by atoms with Crippen LogP contribution in [-0.2, 0) is 0 Å². The van der Waals surface area contributed by atoms with Crippen LogP contribution in [0.25, 0.3) is 11.1 Å². The summed E-state index contributed by atoms with van der Waals surface area (Å²) in [6, 6.07) is 2.85. The average molecular weight is 359 g/mol. The molecule has 0 unspecified atom stereocenters. The van der Waals surface area contributed by atoms with Crippen LogP contribution in [0, 0.1) is 30.3 Å². The zero-order valence-corrected chi connectivity index (χ0v) is 12.4. The fourth-order valence-electron chi connectivity index (χ4n) is 2.80. The van der Waals surface area contributed by atoms with Gasteiger partial charge < -0.3 is 5.11 Å². The van der Waals surface area contributed by atoms with E-state index in [9.17, 15) is 45.0 Å². The highest BCUT2D eigenvalue weighted by molar-refractivity contribution is 6.26. The van der Waals surface area contributed by atoms with E-state index < -0.39 is 65.8 Å². The number of nitro groups is 3. The molecule has 0 heterocycles. The molecule has 2 aromatic carbocycles. The molecule has 0 spiro atoms. The Morgan fingerprint density at radius 2 is 1.31 bits per heavy atom. The number of ketones is 1. The van der Waals surface area contributed by atoms with E-state index in [1.807, 2.05) is 0 Å². The van der Waals surface area contributed by atoms with Crippen molar-refractivity contribution in [2.75, 3.05) is 0 Å². The Bertz CT molecular complexity index is 990. The van der Waals surface area contributed by atoms with Gasteiger partial charge in [0.2, 0.25) is 0 Å². The zero-order valence-electron chi connectivity index (χ0n) is 12.4. The summed E-state index contributed by atoms with van der Waals surface area (Å²) in [5.41, 5.74) is -4.62. The molecule has 12 nitrogen and oxygen atoms in total. The number of fused-ring (bicyclic) bond motifs is 3. The highest BCUT2D eigenvalue weighted by Gasteiger charge is 2.40. The molecule has 1 aliphatic rings. The molecular formula is C14H5N3O9. The van der Waals surface area contributed by atoms with Crippen LogP contribution in [-0.4, -0.2) is 31.6 Å². The topological polar surface area (TPSA) is 184 Å². The molecule has 0 saturated heterocycles. The van der Waals surface area contributed by atoms with Gasteiger partial charge in [-0.3, -0.25) is 35.1 Å². The summed E-state index contributed by atoms with van der Waals surface area (Å²) in [6.45, 7) is 0. The van der Waals surface area contributed by atoms with E-state index in [1.165, 1.54) is 0 Å². The van der Waals surface area contributed by atoms with Crippen molar-refractivity contribution < 1.29 is 29.5 Å². The van der Waals surface area contributed by atoms with Gasteiger partial charge in [-0.25, -0.2) is 4.79 Å². The number of non-ortho nitro benzene ring substituents is 2. The highest BCUT2D eigenvalue weighted by Crippen LogP contribution is 2.47. The number of carboxylic acid groups (broad SMARTS) is 1. The van der Waals surface area contributed by atoms with E-state index in [4.69, 9.17) is 0 Å². The van der Waals surface area contributed by atoms with Crippen LogP contribution in [0.1, 0.15) is 26.3 Å². The Morgan fingerprint density at radius 3 is 1.77 bits per heavy atom. The average Bonchev–Trinajstić information content (AvgIpc) is 2.85. The highest BCUT2D eigenvalue weighted by atomic mass is 16.6. The van der Waals surface area contributed by atoms with Gasteiger partial charge in [0.1, 0.15) is 0 Å². The van der Waals surface area contributed by atoms with E-state index in [-0.39, 0.29) is 5.56 Å². The maximum absolute atomic E-state index is 12.5. The molecule has 0 atom stereocenters. The molecular weight excluding hydrogens is 354 g/mol. The first-order chi connectivity index (χ1) is 12.1. The summed E-state index contributed by atoms with van der Waals surface area (Å²) >= 11 is 0. The Balaban J connectivity index is 2.48. The second kappa shape index (κ2) is 5.41. The number of benzene rings is 2. The monoisotopic (exact) mass is 359 g/mol. The molecule has 0 fully saturated rings. The normalized spacial score (nSPS) is 11.6. The summed E-state index contributed by atoms with van der Waals surface area (Å²) in [5, 5.41) is 42.6. The van der Waals surface area contributed by atoms with Crippen molar-refractivity contribution in [1.29, 1.82) is 0 Å². The summed E-state index contributed by atoms with van der Waals surface area (Å²) in [5.74, 6) is -2.61. The molecule has 2 aromatic rings. The minimum Gasteiger partial charge on any atom is -0.478 e. The molecule has 0 amide bonds. The first-order valence-corrected chi connectivity index (χ1v) is 6.71. The first kappa shape index (κ1) is 16.6. The number of nitrogens with zero attached hydrogens (tertiary/aromatic N) is 3. The van der Waals surface area contributed by atoms with Crippen molar-refractivity contribution in [1.82, 2.24) is 0 Å². The Hall–Kier alpha value is -4.22. The fraction of sp³-hybridized carbons (Fsp3) is 0. The van der Waals surface area contributed by atoms with Crippen LogP contribution in [0.5, 0.6) is 0 Å². The second-order valence-electron chi connectivity index (χ2n) is 5.21. The van der Waals surface area contributed by atoms with E-state index in [2.05, 4.69) is 0 Å². The Morgan fingerprint density at radius 1 is 0.808 bits per heavy atom. The fourth-order valence-corrected chi connectivity index (χ4v) is 2.80. The van der Waals surface area contributed by atoms with Crippen molar-refractivity contribution in [3.8, 4) is 11.1 Å². The summed E-state index contributed by atoms with van der Waals surface area (Å²) in [7, 11) is 0. The van der Waals surface area contributed by atoms with Crippen LogP contribution in [0.2, 0.25) is 0 Å². The lowest BCUT2D eigenvalue weighted by molar-refractivity contribution is -0.393. The van der Waals surface area contributed by atoms with Crippen LogP contribution < -0.4 is 0 Å². The largest absolute Gasteiger partial charge is 0.478 e. The molecule has 1 N–H and O–H groups in total. The molecule has 12 heteroatoms. The molecule has 0 aromatic heterocycles. The third-order valence-corrected chi connectivity index (χ3v) is 3.81. The van der Waals surface area contributed by atoms with Gasteiger partial charge in [-0.05, 0) is 0 Å². The van der Waals surface area contributed by atoms with Crippen molar-refractivity contribution >= 4 is 28.8 Å². The lowest BCUT2D eigenvalue weighted by Crippen LogP contribution is -2.04. The molecule has 0 bridgehead atoms. The number of aromatic carboxylic acids is 1. The third-order valence-electron chi connectivity index (χ3n) is 3.81. The van der Waals surface area contributed by atoms with Gasteiger partial charge in [-0.1, -0.05) is 0 Å². The summed E-state index contributed by atoms with van der Waals surface area (Å²) < 4.78 is 0. The molecule has 0 saturated carbocycles. The van der Waals surface area contributed by atoms with E-state index >= 15 is 0 Å². The summed E-state index contributed by atoms with van der Waals surface area (Å²) in [4.78, 5) is 54.4. The number of rotatable bonds is 4. The Kier molecular flexibility index (Phi) is 3.46. The van der Waals surface area contributed by atoms with E-state index in [0.29, 0.717) is 12.1 Å². The maximum Gasteiger partial charge on any atom is 0.336 e. The van der Waals surface area contributed by atoms with Gasteiger partial charge >= 0.3 is 5.97 Å². The van der Waals surface area contributed by atoms with Gasteiger partial charge in [0.05, 0.1) is 32.0 Å². The van der Waals surface area contributed by atoms with Crippen LogP contribution in [0.4, 0.5) is 17.1 Å². The molecule has 1 aliphatic carbocycles. The van der Waals surface area contributed by atoms with Gasteiger partial charge in [0.15, 0.2) is 5.78 Å². The molecule has 0 aliphatic heterocycles. The van der Waals surface area contributed by atoms with Gasteiger partial charge in [-0.15, -0.1) is 0 Å². The van der Waals surface area contributed by atoms with Crippen molar-refractivity contribution in [2.45, 2.75) is 0 Å². The smallest absolute Gasteiger partial charge is 0.336 e. The quantitative estimate of drug-likeness (QED) is 0.539. The van der Waals surface area contributed by atoms with Crippen LogP contribution in [0.3, 0.4) is 0 Å². The van der Waals surface area contributed by atoms with Gasteiger partial charge in [-0.2, -0.15) is 0 Å². The third kappa shape index (κ3) is 2.24. The lowest BCUT2D eigenvalue weighted by Gasteiger charge is -2.06. The van der Waals surface area contributed by atoms with Crippen molar-refractivity contribution in [2.24, 2.45) is 0 Å². The van der Waals surface area contributed by atoms with E-state index in [1.54, 1.807) is 0 Å². The van der Waals surface area contributed by atoms with Crippen molar-refractivity contribution in [3.05, 3.63) is 71.3 Å². The predicted octanol–water partition coefficient (Wildman–Crippen LogP) is 2.32. The summed E-state index contributed by atoms with van der Waals surface area (Å²) in [6.07, 6.45) is 0. The van der Waals surface area contributed by atoms with Crippen LogP contribution >= 0.6 is 0 Å². The molecule has 26 heavy (non-hydrogen) atoms. The molecule has 3 rings (SSSR count). The standard InChI is InChI=1S/C14H5N3O9/c18-13-7-1-5(15(21)22)3-9(14(19)20)11(7)12-8(13)2-6(16(23)24)4-10(12)17(25)26/h1-4H,(H,19,20). The van der Waals surface area contributed by atoms with Crippen molar-refractivity contribution in [3.63, 3.8) is 0 Å². The first-order valence-electron chi connectivity index (χ1n) is 6.71. The number of carbonyl (C=O) groups is 2. The van der Waals surface area contributed by atoms with Crippen LogP contribution in [0.15, 0.2) is 24.3 Å². The van der Waals surface area contributed by atoms with Gasteiger partial charge in [0.25, 0.3) is 17.1 Å². The predicted molar refractivity (Wildman–Crippen MR) is 82.2 cm³/mol. The lowest BCUT2D eigenvalue weighted by atomic mass is 9.97. The maximum atomic E-state index is 12.5. The minimum atomic E-state index is -1.64. The number of hydrogen-bond donors (Lipinski definition) is 1. The second-order valence-corrected chi connectivity index (χ2v) is 5.21. The Labute approximate surface area is 141 Å². The minimum absolute atomic E-state index is 0.371. The number of nitro benzene ring substituents is 3. The van der Waals surface area contributed by atoms with E-state index in [0.717, 1.165) is 12.1 Å². The molecule has 130 valence electrons. The number of carboxylic acids is 1. The SMILES string of the molecule is O=C(O)c1cc([N+](=O)[O-])cc2c1-c1c(cc([N+](=O)[O-])cc1[N+](=O)[O-])C2=O. The van der Waals surface area contributed by atoms with Gasteiger partial charge in [0, 0.05) is 34.9 Å². The number of carbonyl (C=O) groups excluding carboxylic acids is 1. The number of hydrogen-bond acceptors (Lipinski definition) is 8.